The number of hydrogen-bond acceptors (Lipinski definition) is 5. The number of H-pyrrole nitrogens is 1. The maximum Gasteiger partial charge on any atom is 0.221 e. The number of anilines is 1. The maximum absolute atomic E-state index is 11.3. The summed E-state index contributed by atoms with van der Waals surface area (Å²) in [6.07, 6.45) is 2.63. The van der Waals surface area contributed by atoms with Gasteiger partial charge in [0.05, 0.1) is 11.7 Å². The Balaban J connectivity index is 1.63. The lowest BCUT2D eigenvalue weighted by atomic mass is 9.92. The summed E-state index contributed by atoms with van der Waals surface area (Å²) in [6.45, 7) is 5.90. The molecule has 0 radical (unpaired) electrons. The molecule has 2 heterocycles. The van der Waals surface area contributed by atoms with Crippen molar-refractivity contribution in [3.8, 4) is 10.6 Å². The molecule has 2 N–H and O–H groups in total. The lowest BCUT2D eigenvalue weighted by molar-refractivity contribution is -0.114. The molecular formula is C21H21N5OS. The molecule has 4 aromatic rings. The lowest BCUT2D eigenvalue weighted by Crippen LogP contribution is -2.05. The van der Waals surface area contributed by atoms with Crippen molar-refractivity contribution in [3.05, 3.63) is 58.7 Å². The minimum absolute atomic E-state index is 0.0917. The number of benzene rings is 2. The van der Waals surface area contributed by atoms with Crippen molar-refractivity contribution in [2.45, 2.75) is 33.1 Å². The molecule has 0 atom stereocenters. The van der Waals surface area contributed by atoms with Crippen LogP contribution in [0, 0.1) is 0 Å². The quantitative estimate of drug-likeness (QED) is 0.514. The average molecular weight is 392 g/mol. The fourth-order valence-corrected chi connectivity index (χ4v) is 4.32. The predicted molar refractivity (Wildman–Crippen MR) is 113 cm³/mol. The number of amides is 1. The molecule has 0 aliphatic rings. The first-order valence-electron chi connectivity index (χ1n) is 9.16. The zero-order valence-electron chi connectivity index (χ0n) is 16.0. The summed E-state index contributed by atoms with van der Waals surface area (Å²) >= 11 is 1.58. The van der Waals surface area contributed by atoms with Crippen LogP contribution in [-0.4, -0.2) is 26.3 Å². The zero-order chi connectivity index (χ0) is 19.7. The van der Waals surface area contributed by atoms with Gasteiger partial charge < -0.3 is 5.32 Å². The van der Waals surface area contributed by atoms with Gasteiger partial charge in [-0.25, -0.2) is 0 Å². The van der Waals surface area contributed by atoms with E-state index in [-0.39, 0.29) is 5.91 Å². The van der Waals surface area contributed by atoms with E-state index in [0.29, 0.717) is 5.92 Å². The third-order valence-electron chi connectivity index (χ3n) is 4.57. The smallest absolute Gasteiger partial charge is 0.221 e. The molecule has 0 fully saturated rings. The number of rotatable bonds is 5. The fourth-order valence-electron chi connectivity index (χ4n) is 3.46. The monoisotopic (exact) mass is 391 g/mol. The Kier molecular flexibility index (Phi) is 4.92. The van der Waals surface area contributed by atoms with Crippen LogP contribution in [0.15, 0.2) is 42.6 Å². The summed E-state index contributed by atoms with van der Waals surface area (Å²) in [6, 6.07) is 11.9. The molecular weight excluding hydrogens is 370 g/mol. The van der Waals surface area contributed by atoms with Crippen molar-refractivity contribution < 1.29 is 4.79 Å². The van der Waals surface area contributed by atoms with Crippen molar-refractivity contribution >= 4 is 33.8 Å². The molecule has 2 aromatic carbocycles. The number of nitrogens with one attached hydrogen (secondary N) is 2. The Hall–Kier alpha value is -3.06. The van der Waals surface area contributed by atoms with Crippen molar-refractivity contribution in [1.82, 2.24) is 20.4 Å². The number of aromatic amines is 1. The van der Waals surface area contributed by atoms with Gasteiger partial charge in [0.25, 0.3) is 0 Å². The average Bonchev–Trinajstić information content (AvgIpc) is 3.30. The third-order valence-corrected chi connectivity index (χ3v) is 5.54. The predicted octanol–water partition coefficient (Wildman–Crippen LogP) is 4.75. The van der Waals surface area contributed by atoms with Gasteiger partial charge >= 0.3 is 0 Å². The number of aromatic nitrogens is 4. The second-order valence-corrected chi connectivity index (χ2v) is 8.13. The van der Waals surface area contributed by atoms with Gasteiger partial charge in [-0.05, 0) is 35.2 Å². The number of fused-ring (bicyclic) bond motifs is 1. The Morgan fingerprint density at radius 2 is 2.07 bits per heavy atom. The highest BCUT2D eigenvalue weighted by Crippen LogP contribution is 2.32. The molecule has 1 amide bonds. The van der Waals surface area contributed by atoms with E-state index in [4.69, 9.17) is 0 Å². The van der Waals surface area contributed by atoms with Gasteiger partial charge in [0, 0.05) is 30.0 Å². The number of hydrogen-bond donors (Lipinski definition) is 2. The van der Waals surface area contributed by atoms with Gasteiger partial charge in [0.2, 0.25) is 5.91 Å². The lowest BCUT2D eigenvalue weighted by Gasteiger charge is -2.13. The molecule has 0 bridgehead atoms. The molecule has 0 spiro atoms. The van der Waals surface area contributed by atoms with Crippen LogP contribution in [0.4, 0.5) is 5.69 Å². The number of carbonyl (C=O) groups is 1. The van der Waals surface area contributed by atoms with E-state index in [1.165, 1.54) is 23.4 Å². The minimum Gasteiger partial charge on any atom is -0.326 e. The second-order valence-electron chi connectivity index (χ2n) is 7.06. The first-order chi connectivity index (χ1) is 13.5. The van der Waals surface area contributed by atoms with Crippen LogP contribution in [0.2, 0.25) is 0 Å². The van der Waals surface area contributed by atoms with Gasteiger partial charge in [0.1, 0.15) is 10.0 Å². The van der Waals surface area contributed by atoms with E-state index in [1.54, 1.807) is 11.3 Å². The largest absolute Gasteiger partial charge is 0.326 e. The van der Waals surface area contributed by atoms with E-state index in [9.17, 15) is 4.79 Å². The molecule has 0 aliphatic carbocycles. The first-order valence-corrected chi connectivity index (χ1v) is 9.98. The van der Waals surface area contributed by atoms with E-state index in [0.717, 1.165) is 33.2 Å². The third kappa shape index (κ3) is 3.66. The van der Waals surface area contributed by atoms with Crippen LogP contribution in [0.1, 0.15) is 42.8 Å². The summed E-state index contributed by atoms with van der Waals surface area (Å²) in [5.41, 5.74) is 5.31. The molecule has 0 saturated heterocycles. The van der Waals surface area contributed by atoms with Gasteiger partial charge in [-0.3, -0.25) is 9.89 Å². The Labute approximate surface area is 167 Å². The maximum atomic E-state index is 11.3. The number of nitrogens with zero attached hydrogens (tertiary/aromatic N) is 3. The molecule has 0 saturated carbocycles. The van der Waals surface area contributed by atoms with Gasteiger partial charge in [-0.2, -0.15) is 5.10 Å². The van der Waals surface area contributed by atoms with Crippen LogP contribution in [0.5, 0.6) is 0 Å². The highest BCUT2D eigenvalue weighted by molar-refractivity contribution is 7.14. The van der Waals surface area contributed by atoms with Crippen LogP contribution >= 0.6 is 11.3 Å². The zero-order valence-corrected chi connectivity index (χ0v) is 16.8. The van der Waals surface area contributed by atoms with Gasteiger partial charge in [0.15, 0.2) is 0 Å². The van der Waals surface area contributed by atoms with Crippen molar-refractivity contribution in [3.63, 3.8) is 0 Å². The van der Waals surface area contributed by atoms with Crippen molar-refractivity contribution in [2.24, 2.45) is 0 Å². The van der Waals surface area contributed by atoms with E-state index in [1.807, 2.05) is 30.5 Å². The van der Waals surface area contributed by atoms with Crippen LogP contribution < -0.4 is 5.32 Å². The summed E-state index contributed by atoms with van der Waals surface area (Å²) in [5.74, 6) is 0.295. The Bertz CT molecular complexity index is 1140. The molecule has 0 aliphatic heterocycles. The Morgan fingerprint density at radius 3 is 2.86 bits per heavy atom. The first kappa shape index (κ1) is 18.3. The van der Waals surface area contributed by atoms with Crippen LogP contribution in [-0.2, 0) is 11.2 Å². The van der Waals surface area contributed by atoms with Crippen LogP contribution in [0.3, 0.4) is 0 Å². The van der Waals surface area contributed by atoms with E-state index >= 15 is 0 Å². The van der Waals surface area contributed by atoms with Gasteiger partial charge in [-0.15, -0.1) is 10.2 Å². The SMILES string of the molecule is CC(=O)Nc1cccc(-c2nnc(Cc3ccc4[nH]ncc4c3C(C)C)s2)c1. The standard InChI is InChI=1S/C21H21N5OS/c1-12(2)20-14(7-8-18-17(20)11-22-24-18)10-19-25-26-21(28-19)15-5-4-6-16(9-15)23-13(3)27/h4-9,11-12H,10H2,1-3H3,(H,22,24)(H,23,27). The van der Waals surface area contributed by atoms with Crippen LogP contribution in [0.25, 0.3) is 21.5 Å². The molecule has 7 heteroatoms. The Morgan fingerprint density at radius 1 is 1.21 bits per heavy atom. The minimum atomic E-state index is -0.0917. The highest BCUT2D eigenvalue weighted by Gasteiger charge is 2.15. The molecule has 6 nitrogen and oxygen atoms in total. The van der Waals surface area contributed by atoms with Gasteiger partial charge in [-0.1, -0.05) is 43.4 Å². The second kappa shape index (κ2) is 7.52. The van der Waals surface area contributed by atoms with Crippen molar-refractivity contribution in [2.75, 3.05) is 5.32 Å². The molecule has 2 aromatic heterocycles. The summed E-state index contributed by atoms with van der Waals surface area (Å²) in [5, 5.41) is 21.8. The summed E-state index contributed by atoms with van der Waals surface area (Å²) in [7, 11) is 0. The fraction of sp³-hybridized carbons (Fsp3) is 0.238. The molecule has 142 valence electrons. The van der Waals surface area contributed by atoms with E-state index < -0.39 is 0 Å². The normalized spacial score (nSPS) is 11.3. The molecule has 0 unspecified atom stereocenters. The molecule has 28 heavy (non-hydrogen) atoms. The summed E-state index contributed by atoms with van der Waals surface area (Å²) < 4.78 is 0. The topological polar surface area (TPSA) is 83.6 Å². The molecule has 4 rings (SSSR count). The number of carbonyl (C=O) groups excluding carboxylic acids is 1. The highest BCUT2D eigenvalue weighted by atomic mass is 32.1. The van der Waals surface area contributed by atoms with E-state index in [2.05, 4.69) is 51.7 Å². The van der Waals surface area contributed by atoms with Crippen molar-refractivity contribution in [1.29, 1.82) is 0 Å². The summed E-state index contributed by atoms with van der Waals surface area (Å²) in [4.78, 5) is 11.3.